The molecule has 9 nitrogen and oxygen atoms in total. The van der Waals surface area contributed by atoms with E-state index >= 15 is 0 Å². The van der Waals surface area contributed by atoms with Crippen LogP contribution in [0.15, 0.2) is 24.3 Å². The summed E-state index contributed by atoms with van der Waals surface area (Å²) in [7, 11) is 1.79. The van der Waals surface area contributed by atoms with Crippen molar-refractivity contribution in [2.24, 2.45) is 13.0 Å². The molecule has 0 spiro atoms. The maximum atomic E-state index is 12.7. The van der Waals surface area contributed by atoms with Crippen LogP contribution in [0, 0.1) is 5.92 Å². The zero-order chi connectivity index (χ0) is 25.3. The molecule has 2 aromatic rings. The Kier molecular flexibility index (Phi) is 6.90. The van der Waals surface area contributed by atoms with Crippen LogP contribution in [0.3, 0.4) is 0 Å². The number of aliphatic carboxylic acids is 1. The lowest BCUT2D eigenvalue weighted by molar-refractivity contribution is -0.140. The lowest BCUT2D eigenvalue weighted by Gasteiger charge is -2.33. The minimum absolute atomic E-state index is 0.102. The number of aryl methyl sites for hydroxylation is 1. The van der Waals surface area contributed by atoms with Gasteiger partial charge in [0.1, 0.15) is 11.8 Å². The Morgan fingerprint density at radius 1 is 1.08 bits per heavy atom. The summed E-state index contributed by atoms with van der Waals surface area (Å²) in [5.41, 5.74) is 2.15. The fourth-order valence-corrected chi connectivity index (χ4v) is 5.94. The molecule has 0 bridgehead atoms. The Bertz CT molecular complexity index is 1080. The fourth-order valence-electron chi connectivity index (χ4n) is 5.94. The molecule has 2 aliphatic carbocycles. The van der Waals surface area contributed by atoms with Gasteiger partial charge in [0.15, 0.2) is 5.82 Å². The number of piperidine rings is 1. The molecule has 0 radical (unpaired) electrons. The van der Waals surface area contributed by atoms with Crippen molar-refractivity contribution in [3.63, 3.8) is 0 Å². The van der Waals surface area contributed by atoms with Crippen LogP contribution in [0.4, 0.5) is 16.3 Å². The number of hydrogen-bond donors (Lipinski definition) is 2. The number of aromatic nitrogens is 3. The largest absolute Gasteiger partial charge is 0.481 e. The Morgan fingerprint density at radius 3 is 2.36 bits per heavy atom. The first-order chi connectivity index (χ1) is 17.4. The quantitative estimate of drug-likeness (QED) is 0.566. The smallest absolute Gasteiger partial charge is 0.413 e. The topological polar surface area (TPSA) is 110 Å². The molecule has 0 unspecified atom stereocenters. The van der Waals surface area contributed by atoms with E-state index in [1.807, 2.05) is 31.2 Å². The van der Waals surface area contributed by atoms with Crippen LogP contribution in [-0.4, -0.2) is 51.4 Å². The van der Waals surface area contributed by atoms with E-state index in [4.69, 9.17) is 4.74 Å². The van der Waals surface area contributed by atoms with Crippen LogP contribution in [0.25, 0.3) is 0 Å². The molecular weight excluding hydrogens is 458 g/mol. The maximum absolute atomic E-state index is 12.7. The van der Waals surface area contributed by atoms with E-state index in [9.17, 15) is 14.7 Å². The Morgan fingerprint density at radius 2 is 1.75 bits per heavy atom. The van der Waals surface area contributed by atoms with Gasteiger partial charge >= 0.3 is 12.1 Å². The summed E-state index contributed by atoms with van der Waals surface area (Å²) in [5.74, 6) is 0.520. The molecular formula is C27H37N5O4. The first-order valence-corrected chi connectivity index (χ1v) is 13.3. The fraction of sp³-hybridized carbons (Fsp3) is 0.630. The van der Waals surface area contributed by atoms with E-state index in [2.05, 4.69) is 20.5 Å². The van der Waals surface area contributed by atoms with Gasteiger partial charge < -0.3 is 14.7 Å². The molecule has 1 atom stereocenters. The van der Waals surface area contributed by atoms with Crippen LogP contribution in [0.2, 0.25) is 0 Å². The summed E-state index contributed by atoms with van der Waals surface area (Å²) in [5, 5.41) is 21.0. The summed E-state index contributed by atoms with van der Waals surface area (Å²) < 4.78 is 7.34. The van der Waals surface area contributed by atoms with Gasteiger partial charge in [0, 0.05) is 31.7 Å². The monoisotopic (exact) mass is 495 g/mol. The predicted octanol–water partition coefficient (Wildman–Crippen LogP) is 4.83. The van der Waals surface area contributed by atoms with Crippen molar-refractivity contribution in [2.45, 2.75) is 82.1 Å². The minimum Gasteiger partial charge on any atom is -0.481 e. The van der Waals surface area contributed by atoms with E-state index in [-0.39, 0.29) is 12.0 Å². The van der Waals surface area contributed by atoms with Gasteiger partial charge in [0.05, 0.1) is 5.41 Å². The second kappa shape index (κ2) is 10.1. The van der Waals surface area contributed by atoms with E-state index < -0.39 is 17.5 Å². The number of carboxylic acids is 1. The third kappa shape index (κ3) is 4.92. The number of carbonyl (C=O) groups is 2. The van der Waals surface area contributed by atoms with Gasteiger partial charge in [-0.15, -0.1) is 5.10 Å². The van der Waals surface area contributed by atoms with Crippen LogP contribution in [0.1, 0.15) is 81.9 Å². The van der Waals surface area contributed by atoms with E-state index in [0.29, 0.717) is 24.6 Å². The van der Waals surface area contributed by atoms with E-state index in [0.717, 1.165) is 55.7 Å². The number of amides is 1. The number of nitrogens with zero attached hydrogens (tertiary/aromatic N) is 4. The molecule has 3 fully saturated rings. The summed E-state index contributed by atoms with van der Waals surface area (Å²) in [6, 6.07) is 8.01. The summed E-state index contributed by atoms with van der Waals surface area (Å²) in [6.07, 6.45) is 8.61. The summed E-state index contributed by atoms with van der Waals surface area (Å²) in [4.78, 5) is 26.6. The number of rotatable bonds is 7. The predicted molar refractivity (Wildman–Crippen MR) is 136 cm³/mol. The second-order valence-electron chi connectivity index (χ2n) is 10.8. The molecule has 2 saturated carbocycles. The SMILES string of the molecule is C[C@@H](OC(=O)Nc1c(C2CCN(c3ccc(C4(C(=O)O)CC4)cc3)CC2)nnn1C)C1CCCCC1. The number of anilines is 2. The highest BCUT2D eigenvalue weighted by molar-refractivity contribution is 5.85. The molecule has 2 N–H and O–H groups in total. The van der Waals surface area contributed by atoms with Gasteiger partial charge in [-0.2, -0.15) is 0 Å². The molecule has 194 valence electrons. The number of carbonyl (C=O) groups excluding carboxylic acids is 1. The van der Waals surface area contributed by atoms with E-state index in [1.54, 1.807) is 11.7 Å². The maximum Gasteiger partial charge on any atom is 0.413 e. The van der Waals surface area contributed by atoms with Gasteiger partial charge in [-0.05, 0) is 69.1 Å². The molecule has 36 heavy (non-hydrogen) atoms. The molecule has 2 heterocycles. The number of nitrogens with one attached hydrogen (secondary N) is 1. The molecule has 5 rings (SSSR count). The van der Waals surface area contributed by atoms with Crippen molar-refractivity contribution < 1.29 is 19.4 Å². The van der Waals surface area contributed by atoms with Crippen molar-refractivity contribution in [2.75, 3.05) is 23.3 Å². The van der Waals surface area contributed by atoms with Gasteiger partial charge in [0.25, 0.3) is 0 Å². The second-order valence-corrected chi connectivity index (χ2v) is 10.8. The van der Waals surface area contributed by atoms with Crippen molar-refractivity contribution in [3.8, 4) is 0 Å². The highest BCUT2D eigenvalue weighted by Gasteiger charge is 2.51. The van der Waals surface area contributed by atoms with Crippen molar-refractivity contribution in [3.05, 3.63) is 35.5 Å². The number of hydrogen-bond acceptors (Lipinski definition) is 6. The standard InChI is InChI=1S/C27H37N5O4/c1-18(19-6-4-3-5-7-19)36-26(35)28-24-23(29-30-31(24)2)20-12-16-32(17-13-20)22-10-8-21(9-11-22)27(14-15-27)25(33)34/h8-11,18-20H,3-7,12-17H2,1-2H3,(H,28,35)(H,33,34)/t18-/m1/s1. The Labute approximate surface area is 212 Å². The molecule has 1 saturated heterocycles. The number of benzene rings is 1. The van der Waals surface area contributed by atoms with E-state index in [1.165, 1.54) is 19.3 Å². The summed E-state index contributed by atoms with van der Waals surface area (Å²) in [6.45, 7) is 3.70. The molecule has 1 amide bonds. The van der Waals surface area contributed by atoms with Crippen LogP contribution < -0.4 is 10.2 Å². The zero-order valence-corrected chi connectivity index (χ0v) is 21.3. The van der Waals surface area contributed by atoms with Crippen LogP contribution in [-0.2, 0) is 22.0 Å². The van der Waals surface area contributed by atoms with Crippen LogP contribution in [0.5, 0.6) is 0 Å². The zero-order valence-electron chi connectivity index (χ0n) is 21.3. The van der Waals surface area contributed by atoms with Gasteiger partial charge in [0.2, 0.25) is 0 Å². The third-order valence-corrected chi connectivity index (χ3v) is 8.51. The van der Waals surface area contributed by atoms with Gasteiger partial charge in [-0.25, -0.2) is 9.48 Å². The van der Waals surface area contributed by atoms with Gasteiger partial charge in [-0.3, -0.25) is 10.1 Å². The van der Waals surface area contributed by atoms with Crippen LogP contribution >= 0.6 is 0 Å². The molecule has 9 heteroatoms. The Balaban J connectivity index is 1.17. The molecule has 1 aromatic carbocycles. The lowest BCUT2D eigenvalue weighted by atomic mass is 9.86. The minimum atomic E-state index is -0.725. The first-order valence-electron chi connectivity index (χ1n) is 13.3. The number of ether oxygens (including phenoxy) is 1. The molecule has 3 aliphatic rings. The highest BCUT2D eigenvalue weighted by atomic mass is 16.6. The van der Waals surface area contributed by atoms with Crippen molar-refractivity contribution in [1.82, 2.24) is 15.0 Å². The van der Waals surface area contributed by atoms with Crippen molar-refractivity contribution in [1.29, 1.82) is 0 Å². The normalized spacial score (nSPS) is 21.1. The van der Waals surface area contributed by atoms with Gasteiger partial charge in [-0.1, -0.05) is 36.6 Å². The average molecular weight is 496 g/mol. The average Bonchev–Trinajstić information content (AvgIpc) is 3.64. The Hall–Kier alpha value is -3.10. The summed E-state index contributed by atoms with van der Waals surface area (Å²) >= 11 is 0. The number of carboxylic acid groups (broad SMARTS) is 1. The van der Waals surface area contributed by atoms with Crippen molar-refractivity contribution >= 4 is 23.6 Å². The first kappa shape index (κ1) is 24.6. The highest BCUT2D eigenvalue weighted by Crippen LogP contribution is 2.48. The molecule has 1 aliphatic heterocycles. The third-order valence-electron chi connectivity index (χ3n) is 8.51. The molecule has 1 aromatic heterocycles. The lowest BCUT2D eigenvalue weighted by Crippen LogP contribution is -2.33.